The zero-order chi connectivity index (χ0) is 11.0. The molecule has 1 aromatic rings. The molecule has 3 heteroatoms. The third kappa shape index (κ3) is 4.52. The fourth-order valence-electron chi connectivity index (χ4n) is 0.925. The highest BCUT2D eigenvalue weighted by atomic mass is 15.4. The number of hydrogen-bond acceptors (Lipinski definition) is 3. The fourth-order valence-corrected chi connectivity index (χ4v) is 0.925. The van der Waals surface area contributed by atoms with Crippen LogP contribution in [0.25, 0.3) is 5.70 Å². The first-order valence-corrected chi connectivity index (χ1v) is 4.70. The molecule has 0 aliphatic carbocycles. The van der Waals surface area contributed by atoms with Gasteiger partial charge in [0.15, 0.2) is 0 Å². The molecule has 0 heterocycles. The Morgan fingerprint density at radius 3 is 2.14 bits per heavy atom. The molecule has 0 radical (unpaired) electrons. The van der Waals surface area contributed by atoms with E-state index < -0.39 is 0 Å². The van der Waals surface area contributed by atoms with Crippen LogP contribution in [0.15, 0.2) is 36.5 Å². The molecule has 78 valence electrons. The van der Waals surface area contributed by atoms with E-state index in [0.717, 1.165) is 5.56 Å². The molecular weight excluding hydrogens is 174 g/mol. The van der Waals surface area contributed by atoms with Crippen LogP contribution in [0, 0.1) is 0 Å². The Labute approximate surface area is 86.0 Å². The van der Waals surface area contributed by atoms with Gasteiger partial charge in [0.25, 0.3) is 0 Å². The van der Waals surface area contributed by atoms with Gasteiger partial charge in [-0.2, -0.15) is 0 Å². The van der Waals surface area contributed by atoms with Crippen molar-refractivity contribution in [3.8, 4) is 0 Å². The summed E-state index contributed by atoms with van der Waals surface area (Å²) in [5.74, 6) is 5.41. The summed E-state index contributed by atoms with van der Waals surface area (Å²) >= 11 is 0. The molecule has 0 aromatic heterocycles. The van der Waals surface area contributed by atoms with Crippen LogP contribution >= 0.6 is 0 Å². The second kappa shape index (κ2) is 6.97. The van der Waals surface area contributed by atoms with Crippen molar-refractivity contribution in [3.63, 3.8) is 0 Å². The van der Waals surface area contributed by atoms with Crippen molar-refractivity contribution in [1.29, 1.82) is 0 Å². The van der Waals surface area contributed by atoms with Crippen molar-refractivity contribution >= 4 is 5.70 Å². The summed E-state index contributed by atoms with van der Waals surface area (Å²) in [7, 11) is 1.73. The van der Waals surface area contributed by atoms with Gasteiger partial charge in [0.2, 0.25) is 0 Å². The quantitative estimate of drug-likeness (QED) is 0.556. The second-order valence-electron chi connectivity index (χ2n) is 2.62. The van der Waals surface area contributed by atoms with E-state index in [4.69, 9.17) is 11.6 Å². The Bertz CT molecular complexity index is 265. The number of hydrazine groups is 1. The van der Waals surface area contributed by atoms with Crippen molar-refractivity contribution in [2.75, 3.05) is 7.05 Å². The summed E-state index contributed by atoms with van der Waals surface area (Å²) in [6.07, 6.45) is 1.68. The summed E-state index contributed by atoms with van der Waals surface area (Å²) in [5, 5.41) is 1.43. The summed E-state index contributed by atoms with van der Waals surface area (Å²) < 4.78 is 0. The van der Waals surface area contributed by atoms with Crippen LogP contribution < -0.4 is 11.6 Å². The van der Waals surface area contributed by atoms with Crippen LogP contribution in [-0.2, 0) is 0 Å². The first-order chi connectivity index (χ1) is 6.70. The van der Waals surface area contributed by atoms with Crippen LogP contribution in [0.5, 0.6) is 0 Å². The van der Waals surface area contributed by atoms with Gasteiger partial charge in [-0.3, -0.25) is 0 Å². The van der Waals surface area contributed by atoms with Crippen LogP contribution in [0.2, 0.25) is 0 Å². The van der Waals surface area contributed by atoms with Gasteiger partial charge in [-0.15, -0.1) is 0 Å². The smallest absolute Gasteiger partial charge is 0.0564 e. The zero-order valence-electron chi connectivity index (χ0n) is 9.07. The monoisotopic (exact) mass is 193 g/mol. The molecule has 0 amide bonds. The van der Waals surface area contributed by atoms with Gasteiger partial charge in [-0.25, -0.2) is 5.84 Å². The molecule has 0 spiro atoms. The Morgan fingerprint density at radius 2 is 1.71 bits per heavy atom. The second-order valence-corrected chi connectivity index (χ2v) is 2.62. The van der Waals surface area contributed by atoms with Crippen molar-refractivity contribution < 1.29 is 0 Å². The average Bonchev–Trinajstić information content (AvgIpc) is 2.21. The van der Waals surface area contributed by atoms with Gasteiger partial charge >= 0.3 is 0 Å². The Balaban J connectivity index is 0.000000791. The van der Waals surface area contributed by atoms with Crippen LogP contribution in [0.4, 0.5) is 0 Å². The van der Waals surface area contributed by atoms with Crippen LogP contribution in [-0.4, -0.2) is 12.1 Å². The molecule has 0 bridgehead atoms. The minimum atomic E-state index is 0.667. The predicted octanol–water partition coefficient (Wildman–Crippen LogP) is 1.78. The van der Waals surface area contributed by atoms with E-state index in [1.165, 1.54) is 5.01 Å². The zero-order valence-corrected chi connectivity index (χ0v) is 9.07. The van der Waals surface area contributed by atoms with Gasteiger partial charge < -0.3 is 10.7 Å². The lowest BCUT2D eigenvalue weighted by atomic mass is 10.2. The molecule has 0 saturated heterocycles. The molecule has 1 aromatic carbocycles. The number of nitrogens with zero attached hydrogens (tertiary/aromatic N) is 1. The Morgan fingerprint density at radius 1 is 1.21 bits per heavy atom. The molecule has 1 rings (SSSR count). The van der Waals surface area contributed by atoms with Gasteiger partial charge in [0.1, 0.15) is 0 Å². The molecule has 0 saturated carbocycles. The van der Waals surface area contributed by atoms with Crippen LogP contribution in [0.1, 0.15) is 19.4 Å². The fraction of sp³-hybridized carbons (Fsp3) is 0.273. The summed E-state index contributed by atoms with van der Waals surface area (Å²) in [6, 6.07) is 9.70. The average molecular weight is 193 g/mol. The molecule has 0 fully saturated rings. The molecule has 14 heavy (non-hydrogen) atoms. The Hall–Kier alpha value is -1.48. The van der Waals surface area contributed by atoms with Gasteiger partial charge in [0, 0.05) is 13.2 Å². The molecule has 0 aliphatic heterocycles. The van der Waals surface area contributed by atoms with E-state index >= 15 is 0 Å². The summed E-state index contributed by atoms with van der Waals surface area (Å²) in [6.45, 7) is 4.00. The van der Waals surface area contributed by atoms with Crippen molar-refractivity contribution in [3.05, 3.63) is 42.1 Å². The van der Waals surface area contributed by atoms with Gasteiger partial charge in [-0.05, 0) is 5.56 Å². The SMILES string of the molecule is CC.CN(N)/C=C(\N)c1ccccc1. The molecular formula is C11H19N3. The highest BCUT2D eigenvalue weighted by Gasteiger charge is 1.93. The number of benzene rings is 1. The molecule has 0 unspecified atom stereocenters. The summed E-state index contributed by atoms with van der Waals surface area (Å²) in [4.78, 5) is 0. The number of nitrogens with two attached hydrogens (primary N) is 2. The maximum atomic E-state index is 5.74. The van der Waals surface area contributed by atoms with Crippen molar-refractivity contribution in [2.45, 2.75) is 13.8 Å². The van der Waals surface area contributed by atoms with Crippen molar-refractivity contribution in [2.24, 2.45) is 11.6 Å². The number of hydrogen-bond donors (Lipinski definition) is 2. The lowest BCUT2D eigenvalue weighted by Crippen LogP contribution is -2.20. The van der Waals surface area contributed by atoms with E-state index in [9.17, 15) is 0 Å². The van der Waals surface area contributed by atoms with E-state index in [2.05, 4.69) is 0 Å². The molecule has 3 nitrogen and oxygen atoms in total. The van der Waals surface area contributed by atoms with Gasteiger partial charge in [-0.1, -0.05) is 44.2 Å². The maximum absolute atomic E-state index is 5.74. The standard InChI is InChI=1S/C9H13N3.C2H6/c1-12(11)7-9(10)8-5-3-2-4-6-8;1-2/h2-7H,10-11H2,1H3;1-2H3/b9-7-;. The number of rotatable bonds is 2. The normalized spacial score (nSPS) is 10.1. The third-order valence-corrected chi connectivity index (χ3v) is 1.45. The maximum Gasteiger partial charge on any atom is 0.0564 e. The highest BCUT2D eigenvalue weighted by molar-refractivity contribution is 5.61. The third-order valence-electron chi connectivity index (χ3n) is 1.45. The van der Waals surface area contributed by atoms with E-state index in [0.29, 0.717) is 5.70 Å². The molecule has 4 N–H and O–H groups in total. The van der Waals surface area contributed by atoms with Gasteiger partial charge in [0.05, 0.1) is 5.70 Å². The van der Waals surface area contributed by atoms with E-state index in [1.54, 1.807) is 13.2 Å². The Kier molecular flexibility index (Phi) is 6.24. The lowest BCUT2D eigenvalue weighted by molar-refractivity contribution is 0.486. The lowest BCUT2D eigenvalue weighted by Gasteiger charge is -2.07. The highest BCUT2D eigenvalue weighted by Crippen LogP contribution is 2.06. The minimum absolute atomic E-state index is 0.667. The van der Waals surface area contributed by atoms with E-state index in [1.807, 2.05) is 44.2 Å². The molecule has 0 atom stereocenters. The van der Waals surface area contributed by atoms with E-state index in [-0.39, 0.29) is 0 Å². The van der Waals surface area contributed by atoms with Crippen LogP contribution in [0.3, 0.4) is 0 Å². The van der Waals surface area contributed by atoms with Crippen molar-refractivity contribution in [1.82, 2.24) is 5.01 Å². The largest absolute Gasteiger partial charge is 0.397 e. The minimum Gasteiger partial charge on any atom is -0.397 e. The topological polar surface area (TPSA) is 55.3 Å². The predicted molar refractivity (Wildman–Crippen MR) is 61.9 cm³/mol. The summed E-state index contributed by atoms with van der Waals surface area (Å²) in [5.41, 5.74) is 7.38. The first-order valence-electron chi connectivity index (χ1n) is 4.70. The first kappa shape index (κ1) is 12.5. The molecule has 0 aliphatic rings.